The third-order valence-electron chi connectivity index (χ3n) is 3.03. The molecule has 0 aliphatic heterocycles. The first kappa shape index (κ1) is 17.9. The highest BCUT2D eigenvalue weighted by atomic mass is 16.4. The van der Waals surface area contributed by atoms with Crippen molar-refractivity contribution in [3.63, 3.8) is 0 Å². The zero-order valence-electron chi connectivity index (χ0n) is 12.8. The highest BCUT2D eigenvalue weighted by Crippen LogP contribution is 2.08. The highest BCUT2D eigenvalue weighted by molar-refractivity contribution is 5.81. The first-order valence-corrected chi connectivity index (χ1v) is 7.01. The van der Waals surface area contributed by atoms with Crippen molar-refractivity contribution in [2.75, 3.05) is 13.1 Å². The van der Waals surface area contributed by atoms with Gasteiger partial charge in [0.25, 0.3) is 0 Å². The van der Waals surface area contributed by atoms with Crippen LogP contribution < -0.4 is 5.32 Å². The molecule has 5 heteroatoms. The molecule has 19 heavy (non-hydrogen) atoms. The average molecular weight is 272 g/mol. The van der Waals surface area contributed by atoms with E-state index in [1.54, 1.807) is 0 Å². The summed E-state index contributed by atoms with van der Waals surface area (Å²) in [4.78, 5) is 24.6. The predicted molar refractivity (Wildman–Crippen MR) is 76.0 cm³/mol. The van der Waals surface area contributed by atoms with Crippen molar-refractivity contribution in [2.24, 2.45) is 5.92 Å². The van der Waals surface area contributed by atoms with E-state index in [4.69, 9.17) is 5.11 Å². The van der Waals surface area contributed by atoms with Gasteiger partial charge in [0.1, 0.15) is 0 Å². The van der Waals surface area contributed by atoms with Gasteiger partial charge in [-0.2, -0.15) is 0 Å². The second-order valence-electron chi connectivity index (χ2n) is 5.64. The largest absolute Gasteiger partial charge is 0.481 e. The number of hydrogen-bond donors (Lipinski definition) is 2. The second kappa shape index (κ2) is 8.91. The van der Waals surface area contributed by atoms with Gasteiger partial charge < -0.3 is 10.4 Å². The summed E-state index contributed by atoms with van der Waals surface area (Å²) in [6.45, 7) is 11.3. The molecule has 1 amide bonds. The molecule has 0 rings (SSSR count). The number of amides is 1. The monoisotopic (exact) mass is 272 g/mol. The van der Waals surface area contributed by atoms with E-state index in [0.29, 0.717) is 25.4 Å². The fourth-order valence-corrected chi connectivity index (χ4v) is 1.91. The van der Waals surface area contributed by atoms with Gasteiger partial charge in [0.05, 0.1) is 6.04 Å². The Balaban J connectivity index is 4.35. The van der Waals surface area contributed by atoms with E-state index in [9.17, 15) is 9.59 Å². The van der Waals surface area contributed by atoms with Crippen LogP contribution in [0.25, 0.3) is 0 Å². The van der Waals surface area contributed by atoms with E-state index in [1.165, 1.54) is 0 Å². The van der Waals surface area contributed by atoms with Gasteiger partial charge in [0.2, 0.25) is 5.91 Å². The Hall–Kier alpha value is -1.10. The highest BCUT2D eigenvalue weighted by Gasteiger charge is 2.23. The molecule has 0 saturated carbocycles. The molecule has 112 valence electrons. The molecule has 0 aliphatic carbocycles. The molecule has 0 aromatic rings. The van der Waals surface area contributed by atoms with Crippen LogP contribution in [0.15, 0.2) is 0 Å². The molecule has 1 atom stereocenters. The summed E-state index contributed by atoms with van der Waals surface area (Å²) in [6.07, 6.45) is 0.707. The number of carbonyl (C=O) groups is 2. The van der Waals surface area contributed by atoms with Crippen LogP contribution in [0, 0.1) is 5.92 Å². The van der Waals surface area contributed by atoms with Crippen molar-refractivity contribution >= 4 is 11.9 Å². The smallest absolute Gasteiger partial charge is 0.303 e. The minimum absolute atomic E-state index is 0.0118. The summed E-state index contributed by atoms with van der Waals surface area (Å²) in [5, 5.41) is 11.6. The average Bonchev–Trinajstić information content (AvgIpc) is 2.29. The first-order valence-electron chi connectivity index (χ1n) is 7.01. The van der Waals surface area contributed by atoms with Gasteiger partial charge in [-0.1, -0.05) is 13.8 Å². The predicted octanol–water partition coefficient (Wildman–Crippen LogP) is 1.72. The minimum atomic E-state index is -0.791. The summed E-state index contributed by atoms with van der Waals surface area (Å²) in [7, 11) is 0. The lowest BCUT2D eigenvalue weighted by molar-refractivity contribution is -0.137. The maximum Gasteiger partial charge on any atom is 0.303 e. The number of hydrogen-bond acceptors (Lipinski definition) is 3. The van der Waals surface area contributed by atoms with E-state index in [2.05, 4.69) is 19.2 Å². The fourth-order valence-electron chi connectivity index (χ4n) is 1.91. The van der Waals surface area contributed by atoms with Crippen molar-refractivity contribution in [1.29, 1.82) is 0 Å². The lowest BCUT2D eigenvalue weighted by Gasteiger charge is -2.31. The zero-order chi connectivity index (χ0) is 15.0. The van der Waals surface area contributed by atoms with Gasteiger partial charge in [0, 0.05) is 19.0 Å². The van der Waals surface area contributed by atoms with Crippen LogP contribution >= 0.6 is 0 Å². The minimum Gasteiger partial charge on any atom is -0.481 e. The third kappa shape index (κ3) is 7.82. The number of rotatable bonds is 9. The van der Waals surface area contributed by atoms with Crippen LogP contribution in [0.5, 0.6) is 0 Å². The molecule has 0 heterocycles. The van der Waals surface area contributed by atoms with E-state index in [-0.39, 0.29) is 24.4 Å². The Morgan fingerprint density at radius 2 is 1.74 bits per heavy atom. The molecule has 2 N–H and O–H groups in total. The number of nitrogens with one attached hydrogen (secondary N) is 1. The molecular weight excluding hydrogens is 244 g/mol. The lowest BCUT2D eigenvalue weighted by atomic mass is 10.1. The van der Waals surface area contributed by atoms with Crippen LogP contribution in [-0.4, -0.2) is 47.1 Å². The number of carbonyl (C=O) groups excluding carboxylic acids is 1. The second-order valence-corrected chi connectivity index (χ2v) is 5.64. The van der Waals surface area contributed by atoms with E-state index >= 15 is 0 Å². The van der Waals surface area contributed by atoms with E-state index < -0.39 is 5.97 Å². The topological polar surface area (TPSA) is 69.6 Å². The quantitative estimate of drug-likeness (QED) is 0.670. The van der Waals surface area contributed by atoms with Crippen LogP contribution in [0.2, 0.25) is 0 Å². The molecule has 0 radical (unpaired) electrons. The number of nitrogens with zero attached hydrogens (tertiary/aromatic N) is 1. The summed E-state index contributed by atoms with van der Waals surface area (Å²) >= 11 is 0. The Bertz CT molecular complexity index is 290. The van der Waals surface area contributed by atoms with Crippen LogP contribution in [0.1, 0.15) is 47.5 Å². The molecule has 0 aromatic heterocycles. The van der Waals surface area contributed by atoms with Gasteiger partial charge >= 0.3 is 5.97 Å². The molecule has 0 fully saturated rings. The number of aliphatic carboxylic acids is 1. The summed E-state index contributed by atoms with van der Waals surface area (Å²) < 4.78 is 0. The zero-order valence-corrected chi connectivity index (χ0v) is 12.8. The van der Waals surface area contributed by atoms with Crippen molar-refractivity contribution in [3.05, 3.63) is 0 Å². The molecule has 1 unspecified atom stereocenters. The van der Waals surface area contributed by atoms with Gasteiger partial charge in [-0.05, 0) is 39.7 Å². The molecule has 0 aromatic carbocycles. The summed E-state index contributed by atoms with van der Waals surface area (Å²) in [5.41, 5.74) is 0. The summed E-state index contributed by atoms with van der Waals surface area (Å²) in [6, 6.07) is -0.0128. The molecule has 0 bridgehead atoms. The first-order chi connectivity index (χ1) is 8.75. The van der Waals surface area contributed by atoms with Gasteiger partial charge in [-0.3, -0.25) is 14.5 Å². The Labute approximate surface area is 116 Å². The molecular formula is C14H28N2O3. The van der Waals surface area contributed by atoms with Gasteiger partial charge in [0.15, 0.2) is 0 Å². The van der Waals surface area contributed by atoms with Gasteiger partial charge in [-0.15, -0.1) is 0 Å². The Kier molecular flexibility index (Phi) is 8.39. The van der Waals surface area contributed by atoms with Crippen molar-refractivity contribution in [1.82, 2.24) is 10.2 Å². The standard InChI is InChI=1S/C14H28N2O3/c1-10(2)9-15-14(19)12(5)16(11(3)4)8-6-7-13(17)18/h10-12H,6-9H2,1-5H3,(H,15,19)(H,17,18). The number of carboxylic acids is 1. The molecule has 0 saturated heterocycles. The third-order valence-corrected chi connectivity index (χ3v) is 3.03. The number of carboxylic acid groups (broad SMARTS) is 1. The van der Waals surface area contributed by atoms with Crippen LogP contribution in [-0.2, 0) is 9.59 Å². The lowest BCUT2D eigenvalue weighted by Crippen LogP contribution is -2.49. The Morgan fingerprint density at radius 3 is 2.16 bits per heavy atom. The van der Waals surface area contributed by atoms with Crippen molar-refractivity contribution in [2.45, 2.75) is 59.5 Å². The fraction of sp³-hybridized carbons (Fsp3) is 0.857. The normalized spacial score (nSPS) is 13.1. The summed E-state index contributed by atoms with van der Waals surface area (Å²) in [5.74, 6) is -0.353. The van der Waals surface area contributed by atoms with E-state index in [1.807, 2.05) is 25.7 Å². The van der Waals surface area contributed by atoms with Crippen LogP contribution in [0.4, 0.5) is 0 Å². The molecule has 0 aliphatic rings. The SMILES string of the molecule is CC(C)CNC(=O)C(C)N(CCCC(=O)O)C(C)C. The van der Waals surface area contributed by atoms with E-state index in [0.717, 1.165) is 0 Å². The molecule has 0 spiro atoms. The Morgan fingerprint density at radius 1 is 1.16 bits per heavy atom. The van der Waals surface area contributed by atoms with Gasteiger partial charge in [-0.25, -0.2) is 0 Å². The van der Waals surface area contributed by atoms with Crippen molar-refractivity contribution < 1.29 is 14.7 Å². The van der Waals surface area contributed by atoms with Crippen molar-refractivity contribution in [3.8, 4) is 0 Å². The maximum absolute atomic E-state index is 12.0. The molecule has 5 nitrogen and oxygen atoms in total. The maximum atomic E-state index is 12.0. The van der Waals surface area contributed by atoms with Crippen LogP contribution in [0.3, 0.4) is 0 Å².